The van der Waals surface area contributed by atoms with Crippen molar-refractivity contribution in [2.75, 3.05) is 0 Å². The van der Waals surface area contributed by atoms with E-state index in [4.69, 9.17) is 79.1 Å². The Bertz CT molecular complexity index is 452. The normalized spacial score (nSPS) is 14.2. The highest BCUT2D eigenvalue weighted by Crippen LogP contribution is 2.32. The van der Waals surface area contributed by atoms with E-state index in [-0.39, 0.29) is 12.8 Å². The number of carbonyl (C=O) groups is 3. The van der Waals surface area contributed by atoms with Gasteiger partial charge in [0.05, 0.1) is 0 Å². The second-order valence-corrected chi connectivity index (χ2v) is 9.68. The minimum absolute atomic E-state index is 0.0476. The Balaban J connectivity index is 5.03. The number of ether oxygens (including phenoxy) is 2. The average Bonchev–Trinajstić information content (AvgIpc) is 2.44. The molecule has 2 N–H and O–H groups in total. The molecule has 2 atom stereocenters. The van der Waals surface area contributed by atoms with Crippen molar-refractivity contribution in [2.24, 2.45) is 0 Å². The molecule has 0 aromatic heterocycles. The van der Waals surface area contributed by atoms with Crippen molar-refractivity contribution < 1.29 is 23.9 Å². The maximum atomic E-state index is 12.1. The van der Waals surface area contributed by atoms with E-state index in [9.17, 15) is 14.4 Å². The van der Waals surface area contributed by atoms with E-state index >= 15 is 0 Å². The minimum Gasteiger partial charge on any atom is -0.437 e. The van der Waals surface area contributed by atoms with Crippen molar-refractivity contribution in [1.82, 2.24) is 10.6 Å². The van der Waals surface area contributed by atoms with E-state index in [0.29, 0.717) is 12.8 Å². The van der Waals surface area contributed by atoms with Crippen LogP contribution in [0, 0.1) is 0 Å². The molecule has 0 aliphatic rings. The van der Waals surface area contributed by atoms with E-state index in [1.165, 1.54) is 0 Å². The Labute approximate surface area is 181 Å². The molecule has 0 bridgehead atoms. The van der Waals surface area contributed by atoms with Crippen LogP contribution in [0.15, 0.2) is 0 Å². The number of rotatable bonds is 8. The van der Waals surface area contributed by atoms with Gasteiger partial charge in [-0.1, -0.05) is 83.5 Å². The Kier molecular flexibility index (Phi) is 11.7. The summed E-state index contributed by atoms with van der Waals surface area (Å²) in [7, 11) is 0. The van der Waals surface area contributed by atoms with Gasteiger partial charge >= 0.3 is 18.0 Å². The zero-order valence-corrected chi connectivity index (χ0v) is 18.3. The van der Waals surface area contributed by atoms with E-state index in [0.717, 1.165) is 0 Å². The van der Waals surface area contributed by atoms with Crippen LogP contribution in [0.5, 0.6) is 0 Å². The first-order valence-corrected chi connectivity index (χ1v) is 9.67. The maximum absolute atomic E-state index is 12.1. The van der Waals surface area contributed by atoms with Gasteiger partial charge in [0, 0.05) is 12.8 Å². The molecule has 0 saturated carbocycles. The number of urea groups is 1. The fraction of sp³-hybridized carbons (Fsp3) is 0.769. The summed E-state index contributed by atoms with van der Waals surface area (Å²) in [5, 5.41) is 4.20. The summed E-state index contributed by atoms with van der Waals surface area (Å²) in [6, 6.07) is -1.06. The highest BCUT2D eigenvalue weighted by molar-refractivity contribution is 6.68. The predicted octanol–water partition coefficient (Wildman–Crippen LogP) is 4.36. The third kappa shape index (κ3) is 10.9. The number of amides is 2. The molecule has 7 nitrogen and oxygen atoms in total. The third-order valence-electron chi connectivity index (χ3n) is 2.53. The maximum Gasteiger partial charge on any atom is 0.320 e. The van der Waals surface area contributed by atoms with Gasteiger partial charge in [-0.25, -0.2) is 4.79 Å². The summed E-state index contributed by atoms with van der Waals surface area (Å²) in [5.41, 5.74) is 0. The second-order valence-electron chi connectivity index (χ2n) is 4.94. The molecule has 0 saturated heterocycles. The summed E-state index contributed by atoms with van der Waals surface area (Å²) in [4.78, 5) is 35.2. The van der Waals surface area contributed by atoms with Crippen molar-refractivity contribution in [3.63, 3.8) is 0 Å². The van der Waals surface area contributed by atoms with E-state index in [1.807, 2.05) is 0 Å². The van der Waals surface area contributed by atoms with Crippen LogP contribution in [0.3, 0.4) is 0 Å². The molecule has 0 aromatic carbocycles. The lowest BCUT2D eigenvalue weighted by Crippen LogP contribution is -2.55. The second kappa shape index (κ2) is 11.7. The summed E-state index contributed by atoms with van der Waals surface area (Å²) in [6.45, 7) is 3.48. The summed E-state index contributed by atoms with van der Waals surface area (Å²) in [6.07, 6.45) is -2.19. The monoisotopic (exact) mass is 492 g/mol. The smallest absolute Gasteiger partial charge is 0.320 e. The molecular weight excluding hydrogens is 477 g/mol. The Hall–Kier alpha value is -0.0500. The van der Waals surface area contributed by atoms with Gasteiger partial charge in [0.2, 0.25) is 20.0 Å². The van der Waals surface area contributed by atoms with Crippen LogP contribution in [0.2, 0.25) is 0 Å². The fourth-order valence-corrected chi connectivity index (χ4v) is 2.02. The van der Waals surface area contributed by atoms with Crippen molar-refractivity contribution in [1.29, 1.82) is 0 Å². The Morgan fingerprint density at radius 3 is 1.31 bits per heavy atom. The van der Waals surface area contributed by atoms with E-state index < -0.39 is 38.0 Å². The molecule has 0 aliphatic heterocycles. The zero-order valence-electron chi connectivity index (χ0n) is 13.8. The molecular formula is C13H18Cl6N2O5. The minimum atomic E-state index is -2.17. The molecule has 0 aromatic rings. The number of hydrogen-bond acceptors (Lipinski definition) is 5. The molecule has 2 unspecified atom stereocenters. The number of halogens is 6. The molecule has 0 aliphatic carbocycles. The van der Waals surface area contributed by atoms with Crippen molar-refractivity contribution >= 4 is 87.6 Å². The van der Waals surface area contributed by atoms with E-state index in [2.05, 4.69) is 10.6 Å². The van der Waals surface area contributed by atoms with Crippen LogP contribution >= 0.6 is 69.6 Å². The van der Waals surface area contributed by atoms with E-state index in [1.54, 1.807) is 13.8 Å². The van der Waals surface area contributed by atoms with Gasteiger partial charge in [-0.05, 0) is 12.8 Å². The number of carbonyl (C=O) groups excluding carboxylic acids is 3. The van der Waals surface area contributed by atoms with Gasteiger partial charge in [0.1, 0.15) is 0 Å². The highest BCUT2D eigenvalue weighted by atomic mass is 35.6. The van der Waals surface area contributed by atoms with Gasteiger partial charge in [0.25, 0.3) is 0 Å². The molecule has 0 spiro atoms. The number of alkyl halides is 6. The van der Waals surface area contributed by atoms with Crippen LogP contribution in [0.25, 0.3) is 0 Å². The largest absolute Gasteiger partial charge is 0.437 e. The Morgan fingerprint density at radius 1 is 0.769 bits per heavy atom. The SMILES string of the molecule is CCCC(=O)OC(NC(=O)NC(OC(=O)CCC)C(Cl)(Cl)Cl)C(Cl)(Cl)Cl. The highest BCUT2D eigenvalue weighted by Gasteiger charge is 2.41. The molecule has 0 heterocycles. The van der Waals surface area contributed by atoms with Crippen LogP contribution in [-0.2, 0) is 19.1 Å². The lowest BCUT2D eigenvalue weighted by atomic mass is 10.3. The van der Waals surface area contributed by atoms with Crippen LogP contribution in [0.4, 0.5) is 4.79 Å². The lowest BCUT2D eigenvalue weighted by molar-refractivity contribution is -0.149. The molecule has 0 rings (SSSR count). The van der Waals surface area contributed by atoms with Gasteiger partial charge in [-0.2, -0.15) is 0 Å². The van der Waals surface area contributed by atoms with Gasteiger partial charge in [-0.15, -0.1) is 0 Å². The molecule has 26 heavy (non-hydrogen) atoms. The number of esters is 2. The topological polar surface area (TPSA) is 93.7 Å². The summed E-state index contributed by atoms with van der Waals surface area (Å²) in [5.74, 6) is -1.40. The third-order valence-corrected chi connectivity index (χ3v) is 3.71. The van der Waals surface area contributed by atoms with Crippen LogP contribution in [-0.4, -0.2) is 38.0 Å². The molecule has 152 valence electrons. The first-order chi connectivity index (χ1) is 11.8. The van der Waals surface area contributed by atoms with Gasteiger partial charge in [0.15, 0.2) is 0 Å². The van der Waals surface area contributed by atoms with Crippen molar-refractivity contribution in [2.45, 2.75) is 59.6 Å². The zero-order chi connectivity index (χ0) is 20.5. The van der Waals surface area contributed by atoms with Crippen molar-refractivity contribution in [3.05, 3.63) is 0 Å². The summed E-state index contributed by atoms with van der Waals surface area (Å²) >= 11 is 34.1. The van der Waals surface area contributed by atoms with Gasteiger partial charge in [-0.3, -0.25) is 20.2 Å². The first-order valence-electron chi connectivity index (χ1n) is 7.40. The molecule has 0 radical (unpaired) electrons. The molecule has 13 heteroatoms. The first kappa shape index (κ1) is 26.0. The quantitative estimate of drug-likeness (QED) is 0.297. The van der Waals surface area contributed by atoms with Crippen LogP contribution in [0.1, 0.15) is 39.5 Å². The average molecular weight is 495 g/mol. The summed E-state index contributed by atoms with van der Waals surface area (Å²) < 4.78 is 5.46. The lowest BCUT2D eigenvalue weighted by Gasteiger charge is -2.28. The Morgan fingerprint density at radius 2 is 1.08 bits per heavy atom. The number of hydrogen-bond donors (Lipinski definition) is 2. The van der Waals surface area contributed by atoms with Crippen molar-refractivity contribution in [3.8, 4) is 0 Å². The predicted molar refractivity (Wildman–Crippen MR) is 102 cm³/mol. The fourth-order valence-electron chi connectivity index (χ4n) is 1.43. The molecule has 2 amide bonds. The van der Waals surface area contributed by atoms with Crippen LogP contribution < -0.4 is 10.6 Å². The van der Waals surface area contributed by atoms with Gasteiger partial charge < -0.3 is 9.47 Å². The number of nitrogens with one attached hydrogen (secondary N) is 2. The standard InChI is InChI=1S/C13H18Cl6N2O5/c1-3-5-7(22)25-9(12(14,15)16)20-11(24)21-10(13(17,18)19)26-8(23)6-4-2/h9-10H,3-6H2,1-2H3,(H2,20,21,24). The molecule has 0 fully saturated rings.